The lowest BCUT2D eigenvalue weighted by atomic mass is 9.96. The van der Waals surface area contributed by atoms with Gasteiger partial charge in [0.05, 0.1) is 0 Å². The molecule has 1 N–H and O–H groups in total. The number of rotatable bonds is 6. The molecule has 6 heteroatoms. The maximum atomic E-state index is 5.90. The SMILES string of the molecule is CCC(CC)C(C)Nc1nc(Cl)nc(N(C)C)n1. The second kappa shape index (κ2) is 6.73. The molecule has 0 amide bonds. The molecule has 1 aromatic rings. The van der Waals surface area contributed by atoms with E-state index < -0.39 is 0 Å². The monoisotopic (exact) mass is 271 g/mol. The number of aromatic nitrogens is 3. The van der Waals surface area contributed by atoms with Crippen LogP contribution in [-0.2, 0) is 0 Å². The molecule has 18 heavy (non-hydrogen) atoms. The van der Waals surface area contributed by atoms with Crippen LogP contribution in [0.4, 0.5) is 11.9 Å². The largest absolute Gasteiger partial charge is 0.351 e. The van der Waals surface area contributed by atoms with Crippen molar-refractivity contribution in [1.82, 2.24) is 15.0 Å². The van der Waals surface area contributed by atoms with Gasteiger partial charge in [0.25, 0.3) is 0 Å². The average Bonchev–Trinajstić information content (AvgIpc) is 2.29. The van der Waals surface area contributed by atoms with Crippen LogP contribution in [0.15, 0.2) is 0 Å². The van der Waals surface area contributed by atoms with Gasteiger partial charge in [0.15, 0.2) is 0 Å². The second-order valence-corrected chi connectivity index (χ2v) is 4.97. The first-order valence-corrected chi connectivity index (χ1v) is 6.71. The Balaban J connectivity index is 2.83. The molecule has 1 unspecified atom stereocenters. The summed E-state index contributed by atoms with van der Waals surface area (Å²) in [5.74, 6) is 1.70. The van der Waals surface area contributed by atoms with Crippen LogP contribution in [0.2, 0.25) is 5.28 Å². The number of hydrogen-bond acceptors (Lipinski definition) is 5. The van der Waals surface area contributed by atoms with Gasteiger partial charge >= 0.3 is 0 Å². The molecular formula is C12H22ClN5. The third-order valence-corrected chi connectivity index (χ3v) is 3.28. The smallest absolute Gasteiger partial charge is 0.230 e. The molecule has 0 fully saturated rings. The van der Waals surface area contributed by atoms with Crippen LogP contribution in [0.1, 0.15) is 33.6 Å². The molecule has 0 aliphatic heterocycles. The molecule has 0 spiro atoms. The summed E-state index contributed by atoms with van der Waals surface area (Å²) in [6.07, 6.45) is 2.26. The standard InChI is InChI=1S/C12H22ClN5/c1-6-9(7-2)8(3)14-11-15-10(13)16-12(17-11)18(4)5/h8-9H,6-7H2,1-5H3,(H,14,15,16,17). The molecule has 0 aliphatic rings. The molecule has 0 radical (unpaired) electrons. The van der Waals surface area contributed by atoms with Gasteiger partial charge in [0.1, 0.15) is 0 Å². The van der Waals surface area contributed by atoms with Crippen molar-refractivity contribution >= 4 is 23.5 Å². The molecule has 0 aromatic carbocycles. The van der Waals surface area contributed by atoms with Gasteiger partial charge in [-0.05, 0) is 24.4 Å². The van der Waals surface area contributed by atoms with Gasteiger partial charge in [-0.15, -0.1) is 0 Å². The Labute approximate surface area is 114 Å². The molecule has 0 saturated carbocycles. The highest BCUT2D eigenvalue weighted by Crippen LogP contribution is 2.18. The van der Waals surface area contributed by atoms with Gasteiger partial charge in [0, 0.05) is 20.1 Å². The van der Waals surface area contributed by atoms with E-state index in [1.54, 1.807) is 4.90 Å². The number of anilines is 2. The number of nitrogens with zero attached hydrogens (tertiary/aromatic N) is 4. The number of hydrogen-bond donors (Lipinski definition) is 1. The molecule has 0 saturated heterocycles. The van der Waals surface area contributed by atoms with E-state index in [-0.39, 0.29) is 5.28 Å². The molecule has 1 rings (SSSR count). The Hall–Kier alpha value is -1.10. The van der Waals surface area contributed by atoms with Gasteiger partial charge < -0.3 is 10.2 Å². The predicted octanol–water partition coefficient (Wildman–Crippen LogP) is 2.83. The Bertz CT molecular complexity index is 379. The summed E-state index contributed by atoms with van der Waals surface area (Å²) in [6, 6.07) is 0.313. The minimum atomic E-state index is 0.216. The summed E-state index contributed by atoms with van der Waals surface area (Å²) >= 11 is 5.90. The lowest BCUT2D eigenvalue weighted by Crippen LogP contribution is -2.26. The van der Waals surface area contributed by atoms with Crippen molar-refractivity contribution in [3.8, 4) is 0 Å². The van der Waals surface area contributed by atoms with Crippen LogP contribution >= 0.6 is 11.6 Å². The highest BCUT2D eigenvalue weighted by atomic mass is 35.5. The fourth-order valence-corrected chi connectivity index (χ4v) is 2.08. The lowest BCUT2D eigenvalue weighted by molar-refractivity contribution is 0.436. The molecule has 1 aromatic heterocycles. The van der Waals surface area contributed by atoms with Crippen LogP contribution in [0.25, 0.3) is 0 Å². The Kier molecular flexibility index (Phi) is 5.59. The zero-order chi connectivity index (χ0) is 13.7. The van der Waals surface area contributed by atoms with Crippen molar-refractivity contribution < 1.29 is 0 Å². The van der Waals surface area contributed by atoms with Gasteiger partial charge in [-0.1, -0.05) is 26.7 Å². The van der Waals surface area contributed by atoms with E-state index in [0.29, 0.717) is 23.9 Å². The Morgan fingerprint density at radius 2 is 1.78 bits per heavy atom. The zero-order valence-corrected chi connectivity index (χ0v) is 12.5. The third kappa shape index (κ3) is 3.98. The molecule has 0 bridgehead atoms. The van der Waals surface area contributed by atoms with Gasteiger partial charge in [-0.3, -0.25) is 0 Å². The van der Waals surface area contributed by atoms with Crippen LogP contribution in [-0.4, -0.2) is 35.1 Å². The van der Waals surface area contributed by atoms with Crippen LogP contribution in [0.5, 0.6) is 0 Å². The third-order valence-electron chi connectivity index (χ3n) is 3.11. The maximum absolute atomic E-state index is 5.90. The van der Waals surface area contributed by atoms with E-state index in [2.05, 4.69) is 41.0 Å². The maximum Gasteiger partial charge on any atom is 0.230 e. The Morgan fingerprint density at radius 3 is 2.28 bits per heavy atom. The van der Waals surface area contributed by atoms with E-state index in [1.807, 2.05) is 14.1 Å². The molecule has 102 valence electrons. The first-order valence-electron chi connectivity index (χ1n) is 6.33. The molecule has 1 heterocycles. The second-order valence-electron chi connectivity index (χ2n) is 4.63. The highest BCUT2D eigenvalue weighted by molar-refractivity contribution is 6.28. The summed E-state index contributed by atoms with van der Waals surface area (Å²) < 4.78 is 0. The van der Waals surface area contributed by atoms with Crippen molar-refractivity contribution in [3.05, 3.63) is 5.28 Å². The fraction of sp³-hybridized carbons (Fsp3) is 0.750. The van der Waals surface area contributed by atoms with E-state index in [0.717, 1.165) is 12.8 Å². The van der Waals surface area contributed by atoms with E-state index in [9.17, 15) is 0 Å². The zero-order valence-electron chi connectivity index (χ0n) is 11.7. The van der Waals surface area contributed by atoms with E-state index in [1.165, 1.54) is 0 Å². The summed E-state index contributed by atoms with van der Waals surface area (Å²) in [5, 5.41) is 3.52. The highest BCUT2D eigenvalue weighted by Gasteiger charge is 2.15. The number of nitrogens with one attached hydrogen (secondary N) is 1. The van der Waals surface area contributed by atoms with E-state index >= 15 is 0 Å². The van der Waals surface area contributed by atoms with Crippen molar-refractivity contribution in [3.63, 3.8) is 0 Å². The molecule has 1 atom stereocenters. The lowest BCUT2D eigenvalue weighted by Gasteiger charge is -2.22. The van der Waals surface area contributed by atoms with Gasteiger partial charge in [-0.2, -0.15) is 15.0 Å². The van der Waals surface area contributed by atoms with Crippen LogP contribution in [0.3, 0.4) is 0 Å². The number of halogens is 1. The molecule has 5 nitrogen and oxygen atoms in total. The van der Waals surface area contributed by atoms with Crippen molar-refractivity contribution in [1.29, 1.82) is 0 Å². The first-order chi connectivity index (χ1) is 8.47. The van der Waals surface area contributed by atoms with Gasteiger partial charge in [-0.25, -0.2) is 0 Å². The average molecular weight is 272 g/mol. The minimum Gasteiger partial charge on any atom is -0.351 e. The molecule has 0 aliphatic carbocycles. The predicted molar refractivity (Wildman–Crippen MR) is 76.3 cm³/mol. The van der Waals surface area contributed by atoms with Crippen LogP contribution in [0, 0.1) is 5.92 Å². The summed E-state index contributed by atoms with van der Waals surface area (Å²) in [7, 11) is 3.75. The summed E-state index contributed by atoms with van der Waals surface area (Å²) in [4.78, 5) is 14.3. The quantitative estimate of drug-likeness (QED) is 0.862. The van der Waals surface area contributed by atoms with Crippen molar-refractivity contribution in [2.75, 3.05) is 24.3 Å². The minimum absolute atomic E-state index is 0.216. The normalized spacial score (nSPS) is 12.6. The van der Waals surface area contributed by atoms with Crippen molar-refractivity contribution in [2.45, 2.75) is 39.7 Å². The van der Waals surface area contributed by atoms with E-state index in [4.69, 9.17) is 11.6 Å². The molecular weight excluding hydrogens is 250 g/mol. The fourth-order valence-electron chi connectivity index (χ4n) is 1.92. The van der Waals surface area contributed by atoms with Crippen LogP contribution < -0.4 is 10.2 Å². The Morgan fingerprint density at radius 1 is 1.17 bits per heavy atom. The van der Waals surface area contributed by atoms with Gasteiger partial charge in [0.2, 0.25) is 17.2 Å². The topological polar surface area (TPSA) is 53.9 Å². The van der Waals surface area contributed by atoms with Crippen molar-refractivity contribution in [2.24, 2.45) is 5.92 Å². The first kappa shape index (κ1) is 15.0. The summed E-state index contributed by atoms with van der Waals surface area (Å²) in [6.45, 7) is 6.53. The summed E-state index contributed by atoms with van der Waals surface area (Å²) in [5.41, 5.74) is 0.